The summed E-state index contributed by atoms with van der Waals surface area (Å²) < 4.78 is 1.17. The molecule has 2 aliphatic rings. The third-order valence-electron chi connectivity index (χ3n) is 4.93. The van der Waals surface area contributed by atoms with E-state index in [1.165, 1.54) is 15.6 Å². The summed E-state index contributed by atoms with van der Waals surface area (Å²) in [7, 11) is 0. The third kappa shape index (κ3) is 3.90. The molecule has 1 aromatic carbocycles. The van der Waals surface area contributed by atoms with Crippen molar-refractivity contribution in [3.63, 3.8) is 0 Å². The molecular weight excluding hydrogens is 388 g/mol. The van der Waals surface area contributed by atoms with Crippen molar-refractivity contribution in [2.45, 2.75) is 18.5 Å². The summed E-state index contributed by atoms with van der Waals surface area (Å²) in [5, 5.41) is 8.49. The van der Waals surface area contributed by atoms with E-state index in [2.05, 4.69) is 97.1 Å². The van der Waals surface area contributed by atoms with Gasteiger partial charge in [0.05, 0.1) is 0 Å². The van der Waals surface area contributed by atoms with Crippen molar-refractivity contribution in [2.24, 2.45) is 0 Å². The minimum absolute atomic E-state index is 0.165. The largest absolute Gasteiger partial charge is 0.311 e. The van der Waals surface area contributed by atoms with E-state index in [1.807, 2.05) is 12.4 Å². The van der Waals surface area contributed by atoms with Crippen molar-refractivity contribution in [2.75, 3.05) is 19.6 Å². The first kappa shape index (κ1) is 17.5. The van der Waals surface area contributed by atoms with Gasteiger partial charge in [-0.3, -0.25) is 4.98 Å². The number of nitrogens with zero attached hydrogens (tertiary/aromatic N) is 3. The highest BCUT2D eigenvalue weighted by Gasteiger charge is 2.30. The second kappa shape index (κ2) is 8.16. The maximum Gasteiger partial charge on any atom is 0.102 e. The number of allylic oxidation sites excluding steroid dienone is 2. The Labute approximate surface area is 163 Å². The summed E-state index contributed by atoms with van der Waals surface area (Å²) in [5.41, 5.74) is 2.62. The lowest BCUT2D eigenvalue weighted by molar-refractivity contribution is -0.0266. The molecule has 1 saturated heterocycles. The van der Waals surface area contributed by atoms with Gasteiger partial charge in [-0.05, 0) is 41.8 Å². The van der Waals surface area contributed by atoms with E-state index >= 15 is 0 Å². The SMILES string of the molecule is BrC1=CC=CN(N2CCNC(Cc3ccccc3)C2)C1c1ccncc1. The van der Waals surface area contributed by atoms with Gasteiger partial charge in [0, 0.05) is 48.8 Å². The molecule has 1 aromatic heterocycles. The second-order valence-corrected chi connectivity index (χ2v) is 7.63. The van der Waals surface area contributed by atoms with Gasteiger partial charge in [0.2, 0.25) is 0 Å². The van der Waals surface area contributed by atoms with Crippen molar-refractivity contribution < 1.29 is 0 Å². The number of aromatic nitrogens is 1. The van der Waals surface area contributed by atoms with Crippen LogP contribution in [0.3, 0.4) is 0 Å². The van der Waals surface area contributed by atoms with Crippen LogP contribution in [-0.4, -0.2) is 40.7 Å². The molecule has 0 amide bonds. The first-order valence-electron chi connectivity index (χ1n) is 9.05. The Hall–Kier alpha value is -1.95. The van der Waals surface area contributed by atoms with Gasteiger partial charge in [-0.15, -0.1) is 0 Å². The van der Waals surface area contributed by atoms with E-state index in [1.54, 1.807) is 0 Å². The Balaban J connectivity index is 1.51. The lowest BCUT2D eigenvalue weighted by Gasteiger charge is -2.45. The minimum atomic E-state index is 0.165. The zero-order valence-electron chi connectivity index (χ0n) is 14.6. The molecule has 2 atom stereocenters. The molecule has 4 nitrogen and oxygen atoms in total. The average molecular weight is 411 g/mol. The number of hydrazine groups is 1. The number of hydrogen-bond donors (Lipinski definition) is 1. The number of pyridine rings is 1. The van der Waals surface area contributed by atoms with Crippen LogP contribution in [0.1, 0.15) is 17.2 Å². The number of hydrogen-bond acceptors (Lipinski definition) is 4. The molecule has 2 aliphatic heterocycles. The standard InChI is InChI=1S/C21H23BrN4/c22-20-7-4-13-26(21(20)18-8-10-23-11-9-18)25-14-12-24-19(16-25)15-17-5-2-1-3-6-17/h1-11,13,19,21,24H,12,14-16H2. The summed E-state index contributed by atoms with van der Waals surface area (Å²) in [4.78, 5) is 4.17. The molecule has 1 fully saturated rings. The third-order valence-corrected chi connectivity index (χ3v) is 5.63. The molecule has 1 N–H and O–H groups in total. The van der Waals surface area contributed by atoms with E-state index in [9.17, 15) is 0 Å². The van der Waals surface area contributed by atoms with Crippen LogP contribution in [0.15, 0.2) is 77.7 Å². The highest BCUT2D eigenvalue weighted by Crippen LogP contribution is 2.36. The van der Waals surface area contributed by atoms with Crippen LogP contribution in [0, 0.1) is 0 Å². The van der Waals surface area contributed by atoms with E-state index in [0.29, 0.717) is 6.04 Å². The Bertz CT molecular complexity index is 775. The quantitative estimate of drug-likeness (QED) is 0.832. The number of benzene rings is 1. The predicted octanol–water partition coefficient (Wildman–Crippen LogP) is 3.66. The molecule has 134 valence electrons. The topological polar surface area (TPSA) is 31.4 Å². The van der Waals surface area contributed by atoms with Gasteiger partial charge in [0.1, 0.15) is 6.04 Å². The second-order valence-electron chi connectivity index (χ2n) is 6.71. The van der Waals surface area contributed by atoms with Gasteiger partial charge in [0.25, 0.3) is 0 Å². The van der Waals surface area contributed by atoms with E-state index in [-0.39, 0.29) is 6.04 Å². The molecule has 0 spiro atoms. The van der Waals surface area contributed by atoms with Crippen molar-refractivity contribution in [3.8, 4) is 0 Å². The van der Waals surface area contributed by atoms with Gasteiger partial charge in [0.15, 0.2) is 0 Å². The normalized spacial score (nSPS) is 23.7. The van der Waals surface area contributed by atoms with Gasteiger partial charge < -0.3 is 10.3 Å². The summed E-state index contributed by atoms with van der Waals surface area (Å²) in [6.07, 6.45) is 11.2. The van der Waals surface area contributed by atoms with Crippen LogP contribution in [0.5, 0.6) is 0 Å². The zero-order chi connectivity index (χ0) is 17.8. The van der Waals surface area contributed by atoms with Crippen molar-refractivity contribution >= 4 is 15.9 Å². The van der Waals surface area contributed by atoms with Gasteiger partial charge in [-0.25, -0.2) is 5.01 Å². The summed E-state index contributed by atoms with van der Waals surface area (Å²) in [6, 6.07) is 15.5. The fraction of sp³-hybridized carbons (Fsp3) is 0.286. The Morgan fingerprint density at radius 3 is 2.73 bits per heavy atom. The lowest BCUT2D eigenvalue weighted by atomic mass is 10.0. The van der Waals surface area contributed by atoms with E-state index in [0.717, 1.165) is 26.1 Å². The molecule has 2 aromatic rings. The fourth-order valence-corrected chi connectivity index (χ4v) is 4.32. The number of nitrogens with one attached hydrogen (secondary N) is 1. The minimum Gasteiger partial charge on any atom is -0.311 e. The van der Waals surface area contributed by atoms with Crippen LogP contribution in [-0.2, 0) is 6.42 Å². The number of halogens is 1. The molecule has 2 unspecified atom stereocenters. The van der Waals surface area contributed by atoms with Crippen LogP contribution in [0.2, 0.25) is 0 Å². The predicted molar refractivity (Wildman–Crippen MR) is 108 cm³/mol. The summed E-state index contributed by atoms with van der Waals surface area (Å²) >= 11 is 3.77. The molecule has 0 aliphatic carbocycles. The molecule has 0 saturated carbocycles. The van der Waals surface area contributed by atoms with E-state index < -0.39 is 0 Å². The molecule has 0 bridgehead atoms. The molecule has 3 heterocycles. The monoisotopic (exact) mass is 410 g/mol. The molecule has 4 rings (SSSR count). The average Bonchev–Trinajstić information content (AvgIpc) is 2.69. The Morgan fingerprint density at radius 1 is 1.12 bits per heavy atom. The summed E-state index contributed by atoms with van der Waals surface area (Å²) in [5.74, 6) is 0. The highest BCUT2D eigenvalue weighted by atomic mass is 79.9. The molecular formula is C21H23BrN4. The lowest BCUT2D eigenvalue weighted by Crippen LogP contribution is -2.57. The van der Waals surface area contributed by atoms with Gasteiger partial charge in [-0.1, -0.05) is 46.3 Å². The molecule has 26 heavy (non-hydrogen) atoms. The summed E-state index contributed by atoms with van der Waals surface area (Å²) in [6.45, 7) is 2.98. The van der Waals surface area contributed by atoms with Crippen LogP contribution >= 0.6 is 15.9 Å². The first-order valence-corrected chi connectivity index (χ1v) is 9.85. The zero-order valence-corrected chi connectivity index (χ0v) is 16.2. The Morgan fingerprint density at radius 2 is 1.92 bits per heavy atom. The van der Waals surface area contributed by atoms with Crippen molar-refractivity contribution in [3.05, 3.63) is 88.8 Å². The van der Waals surface area contributed by atoms with Crippen LogP contribution in [0.25, 0.3) is 0 Å². The van der Waals surface area contributed by atoms with E-state index in [4.69, 9.17) is 0 Å². The molecule has 5 heteroatoms. The van der Waals surface area contributed by atoms with Crippen LogP contribution < -0.4 is 5.32 Å². The maximum absolute atomic E-state index is 4.17. The smallest absolute Gasteiger partial charge is 0.102 e. The number of piperazine rings is 1. The van der Waals surface area contributed by atoms with Crippen molar-refractivity contribution in [1.82, 2.24) is 20.3 Å². The Kier molecular flexibility index (Phi) is 5.48. The molecule has 0 radical (unpaired) electrons. The van der Waals surface area contributed by atoms with Gasteiger partial charge >= 0.3 is 0 Å². The first-order chi connectivity index (χ1) is 12.8. The van der Waals surface area contributed by atoms with Crippen LogP contribution in [0.4, 0.5) is 0 Å². The maximum atomic E-state index is 4.17. The number of rotatable bonds is 4. The highest BCUT2D eigenvalue weighted by molar-refractivity contribution is 9.11. The fourth-order valence-electron chi connectivity index (χ4n) is 3.70. The van der Waals surface area contributed by atoms with Crippen molar-refractivity contribution in [1.29, 1.82) is 0 Å². The van der Waals surface area contributed by atoms with Gasteiger partial charge in [-0.2, -0.15) is 0 Å².